The van der Waals surface area contributed by atoms with E-state index >= 15 is 0 Å². The molecule has 5 aliphatic heterocycles. The fraction of sp³-hybridized carbons (Fsp3) is 0.571. The lowest BCUT2D eigenvalue weighted by molar-refractivity contribution is -0.156. The van der Waals surface area contributed by atoms with Crippen molar-refractivity contribution in [1.29, 1.82) is 0 Å². The number of rotatable bonds is 0. The quantitative estimate of drug-likeness (QED) is 0.358. The van der Waals surface area contributed by atoms with Crippen molar-refractivity contribution >= 4 is 17.5 Å². The highest BCUT2D eigenvalue weighted by Crippen LogP contribution is 2.68. The molecule has 0 unspecified atom stereocenters. The van der Waals surface area contributed by atoms with E-state index in [0.29, 0.717) is 30.7 Å². The number of hydrogen-bond acceptors (Lipinski definition) is 5. The molecule has 0 aromatic heterocycles. The molecule has 5 heterocycles. The van der Waals surface area contributed by atoms with Gasteiger partial charge in [0.25, 0.3) is 0 Å². The zero-order chi connectivity index (χ0) is 18.1. The minimum Gasteiger partial charge on any atom is -0.373 e. The largest absolute Gasteiger partial charge is 0.373 e. The van der Waals surface area contributed by atoms with Crippen LogP contribution in [-0.4, -0.2) is 65.2 Å². The predicted octanol–water partition coefficient (Wildman–Crippen LogP) is 0.599. The lowest BCUT2D eigenvalue weighted by Crippen LogP contribution is -2.66. The first-order valence-electron chi connectivity index (χ1n) is 9.99. The van der Waals surface area contributed by atoms with Crippen LogP contribution >= 0.6 is 0 Å². The predicted molar refractivity (Wildman–Crippen MR) is 93.3 cm³/mol. The summed E-state index contributed by atoms with van der Waals surface area (Å²) in [5.74, 6) is -0.210. The molecule has 138 valence electrons. The van der Waals surface area contributed by atoms with Gasteiger partial charge in [0.15, 0.2) is 0 Å². The van der Waals surface area contributed by atoms with Crippen molar-refractivity contribution in [1.82, 2.24) is 9.80 Å². The van der Waals surface area contributed by atoms with E-state index in [0.717, 1.165) is 31.5 Å². The number of allylic oxidation sites excluding steroid dienone is 3. The summed E-state index contributed by atoms with van der Waals surface area (Å²) in [5.41, 5.74) is 2.90. The SMILES string of the molecule is O=C1C=C2C(=CC1=O)[C@@]13CCN4CC5=CCO[C@H]6CC(=O)N2[C@@H]1[C@@H]6[C@@H]5C[C@@H]43. The van der Waals surface area contributed by atoms with E-state index in [1.165, 1.54) is 11.6 Å². The minimum absolute atomic E-state index is 0.00972. The van der Waals surface area contributed by atoms with Crippen molar-refractivity contribution in [2.75, 3.05) is 19.7 Å². The molecule has 6 heteroatoms. The first kappa shape index (κ1) is 14.9. The van der Waals surface area contributed by atoms with Crippen LogP contribution in [0.5, 0.6) is 0 Å². The van der Waals surface area contributed by atoms with Crippen LogP contribution in [0.4, 0.5) is 0 Å². The maximum absolute atomic E-state index is 13.2. The smallest absolute Gasteiger partial charge is 0.229 e. The van der Waals surface area contributed by atoms with Gasteiger partial charge in [-0.1, -0.05) is 11.6 Å². The number of carbonyl (C=O) groups excluding carboxylic acids is 3. The molecule has 0 radical (unpaired) electrons. The highest BCUT2D eigenvalue weighted by molar-refractivity contribution is 6.47. The van der Waals surface area contributed by atoms with Gasteiger partial charge in [-0.25, -0.2) is 0 Å². The normalized spacial score (nSPS) is 46.7. The molecule has 6 atom stereocenters. The van der Waals surface area contributed by atoms with E-state index in [1.54, 1.807) is 6.08 Å². The molecule has 7 rings (SSSR count). The highest BCUT2D eigenvalue weighted by atomic mass is 16.5. The second-order valence-corrected chi connectivity index (χ2v) is 9.08. The third kappa shape index (κ3) is 1.49. The maximum Gasteiger partial charge on any atom is 0.229 e. The Hall–Kier alpha value is -2.05. The van der Waals surface area contributed by atoms with Crippen molar-refractivity contribution in [3.8, 4) is 0 Å². The molecule has 1 saturated carbocycles. The van der Waals surface area contributed by atoms with Crippen LogP contribution in [0.3, 0.4) is 0 Å². The fourth-order valence-corrected chi connectivity index (χ4v) is 7.55. The Balaban J connectivity index is 1.54. The van der Waals surface area contributed by atoms with E-state index in [2.05, 4.69) is 11.0 Å². The lowest BCUT2D eigenvalue weighted by Gasteiger charge is -2.58. The molecule has 2 bridgehead atoms. The Kier molecular flexibility index (Phi) is 2.49. The van der Waals surface area contributed by atoms with Crippen molar-refractivity contribution in [2.24, 2.45) is 17.3 Å². The molecule has 2 aliphatic carbocycles. The lowest BCUT2D eigenvalue weighted by atomic mass is 9.53. The molecular formula is C21H20N2O4. The Bertz CT molecular complexity index is 946. The maximum atomic E-state index is 13.2. The topological polar surface area (TPSA) is 66.9 Å². The van der Waals surface area contributed by atoms with Gasteiger partial charge in [-0.3, -0.25) is 19.3 Å². The third-order valence-corrected chi connectivity index (χ3v) is 8.38. The number of fused-ring (bicyclic) bond motifs is 2. The van der Waals surface area contributed by atoms with Crippen LogP contribution in [0.1, 0.15) is 19.3 Å². The van der Waals surface area contributed by atoms with Gasteiger partial charge in [0.1, 0.15) is 0 Å². The molecule has 1 amide bonds. The summed E-state index contributed by atoms with van der Waals surface area (Å²) in [7, 11) is 0. The Morgan fingerprint density at radius 3 is 2.89 bits per heavy atom. The molecule has 27 heavy (non-hydrogen) atoms. The first-order valence-corrected chi connectivity index (χ1v) is 9.99. The summed E-state index contributed by atoms with van der Waals surface area (Å²) >= 11 is 0. The monoisotopic (exact) mass is 364 g/mol. The van der Waals surface area contributed by atoms with E-state index in [-0.39, 0.29) is 29.4 Å². The van der Waals surface area contributed by atoms with Gasteiger partial charge >= 0.3 is 0 Å². The first-order chi connectivity index (χ1) is 13.1. The van der Waals surface area contributed by atoms with Crippen molar-refractivity contribution in [2.45, 2.75) is 37.5 Å². The molecule has 7 aliphatic rings. The van der Waals surface area contributed by atoms with Gasteiger partial charge in [-0.05, 0) is 37.0 Å². The summed E-state index contributed by atoms with van der Waals surface area (Å²) in [6.07, 6.45) is 7.56. The molecular weight excluding hydrogens is 344 g/mol. The van der Waals surface area contributed by atoms with Crippen LogP contribution in [0, 0.1) is 17.3 Å². The second-order valence-electron chi connectivity index (χ2n) is 9.08. The van der Waals surface area contributed by atoms with Crippen LogP contribution < -0.4 is 0 Å². The van der Waals surface area contributed by atoms with Gasteiger partial charge in [0.2, 0.25) is 17.5 Å². The fourth-order valence-electron chi connectivity index (χ4n) is 7.55. The van der Waals surface area contributed by atoms with Gasteiger partial charge in [-0.2, -0.15) is 0 Å². The number of nitrogens with zero attached hydrogens (tertiary/aromatic N) is 2. The molecule has 0 N–H and O–H groups in total. The summed E-state index contributed by atoms with van der Waals surface area (Å²) in [6.45, 7) is 2.54. The Labute approximate surface area is 156 Å². The minimum atomic E-state index is -0.505. The standard InChI is InChI=1S/C21H20N2O4/c24-14-6-12-13(7-15(14)25)23-18(26)8-16-19-11-5-17-21(12,20(19)23)2-3-22(17)9-10(11)1-4-27-16/h1,6-7,11,16-17,19-20H,2-5,8-9H2/t11-,16+,17-,19-,20-,21-/m1/s1. The van der Waals surface area contributed by atoms with Gasteiger partial charge in [-0.15, -0.1) is 0 Å². The zero-order valence-corrected chi connectivity index (χ0v) is 14.9. The highest BCUT2D eigenvalue weighted by Gasteiger charge is 2.72. The number of piperidine rings is 2. The van der Waals surface area contributed by atoms with E-state index in [9.17, 15) is 14.4 Å². The number of amides is 1. The molecule has 0 aromatic rings. The molecule has 0 aromatic carbocycles. The number of carbonyl (C=O) groups is 3. The number of ketones is 2. The van der Waals surface area contributed by atoms with E-state index < -0.39 is 11.6 Å². The Morgan fingerprint density at radius 1 is 1.15 bits per heavy atom. The van der Waals surface area contributed by atoms with Gasteiger partial charge < -0.3 is 9.64 Å². The average Bonchev–Trinajstić information content (AvgIpc) is 3.10. The molecule has 4 saturated heterocycles. The summed E-state index contributed by atoms with van der Waals surface area (Å²) in [6, 6.07) is 0.349. The second kappa shape index (κ2) is 4.50. The van der Waals surface area contributed by atoms with Crippen LogP contribution in [0.15, 0.2) is 35.1 Å². The molecule has 6 nitrogen and oxygen atoms in total. The summed E-state index contributed by atoms with van der Waals surface area (Å²) in [5, 5.41) is 0. The average molecular weight is 364 g/mol. The summed E-state index contributed by atoms with van der Waals surface area (Å²) in [4.78, 5) is 42.1. The summed E-state index contributed by atoms with van der Waals surface area (Å²) < 4.78 is 6.17. The van der Waals surface area contributed by atoms with Crippen LogP contribution in [0.25, 0.3) is 0 Å². The molecule has 1 spiro atoms. The Morgan fingerprint density at radius 2 is 2.00 bits per heavy atom. The van der Waals surface area contributed by atoms with Gasteiger partial charge in [0, 0.05) is 30.0 Å². The van der Waals surface area contributed by atoms with Crippen molar-refractivity contribution < 1.29 is 19.1 Å². The molecule has 5 fully saturated rings. The number of ether oxygens (including phenoxy) is 1. The third-order valence-electron chi connectivity index (χ3n) is 8.38. The van der Waals surface area contributed by atoms with E-state index in [1.807, 2.05) is 4.90 Å². The zero-order valence-electron chi connectivity index (χ0n) is 14.9. The van der Waals surface area contributed by atoms with E-state index in [4.69, 9.17) is 4.74 Å². The van der Waals surface area contributed by atoms with Crippen molar-refractivity contribution in [3.63, 3.8) is 0 Å². The van der Waals surface area contributed by atoms with Crippen molar-refractivity contribution in [3.05, 3.63) is 35.1 Å². The van der Waals surface area contributed by atoms with Gasteiger partial charge in [0.05, 0.1) is 30.9 Å². The van der Waals surface area contributed by atoms with Crippen LogP contribution in [0.2, 0.25) is 0 Å². The van der Waals surface area contributed by atoms with Crippen LogP contribution in [-0.2, 0) is 19.1 Å². The number of hydrogen-bond donors (Lipinski definition) is 0.